The molecule has 0 saturated carbocycles. The van der Waals surface area contributed by atoms with Crippen molar-refractivity contribution in [2.24, 2.45) is 0 Å². The third-order valence-electron chi connectivity index (χ3n) is 3.66. The number of hydrogen-bond acceptors (Lipinski definition) is 2. The minimum atomic E-state index is 0.393. The highest BCUT2D eigenvalue weighted by atomic mass is 32.2. The van der Waals surface area contributed by atoms with Gasteiger partial charge in [-0.3, -0.25) is 0 Å². The maximum atomic E-state index is 5.68. The van der Waals surface area contributed by atoms with E-state index in [0.29, 0.717) is 5.25 Å². The summed E-state index contributed by atoms with van der Waals surface area (Å²) in [5.41, 5.74) is 1.34. The molecule has 0 bridgehead atoms. The van der Waals surface area contributed by atoms with Crippen LogP contribution in [0.2, 0.25) is 0 Å². The second-order valence-corrected chi connectivity index (χ2v) is 7.05. The van der Waals surface area contributed by atoms with Crippen LogP contribution in [0.5, 0.6) is 0 Å². The Morgan fingerprint density at radius 3 is 2.45 bits per heavy atom. The van der Waals surface area contributed by atoms with E-state index in [0.717, 1.165) is 23.8 Å². The Kier molecular flexibility index (Phi) is 6.61. The fourth-order valence-electron chi connectivity index (χ4n) is 2.52. The highest BCUT2D eigenvalue weighted by Gasteiger charge is 2.18. The number of thioether (sulfide) groups is 1. The number of rotatable bonds is 4. The van der Waals surface area contributed by atoms with Crippen LogP contribution < -0.4 is 0 Å². The highest BCUT2D eigenvalue weighted by Crippen LogP contribution is 2.34. The standard InChI is InChI=1S/C17H23NS2/c1-2-10-16(15-11-6-5-7-12-15)20-17(19)18-13-8-3-4-9-14-18/h2,5-7,11-12,16H,1,3-4,8-10,13-14H2. The van der Waals surface area contributed by atoms with Crippen LogP contribution in [0.3, 0.4) is 0 Å². The number of thiocarbonyl (C=S) groups is 1. The summed E-state index contributed by atoms with van der Waals surface area (Å²) in [7, 11) is 0. The van der Waals surface area contributed by atoms with E-state index >= 15 is 0 Å². The van der Waals surface area contributed by atoms with Gasteiger partial charge >= 0.3 is 0 Å². The van der Waals surface area contributed by atoms with Crippen molar-refractivity contribution in [2.75, 3.05) is 13.1 Å². The van der Waals surface area contributed by atoms with Gasteiger partial charge in [-0.15, -0.1) is 6.58 Å². The van der Waals surface area contributed by atoms with Crippen molar-refractivity contribution >= 4 is 28.3 Å². The van der Waals surface area contributed by atoms with Gasteiger partial charge in [-0.1, -0.05) is 73.2 Å². The summed E-state index contributed by atoms with van der Waals surface area (Å²) in [5.74, 6) is 0. The summed E-state index contributed by atoms with van der Waals surface area (Å²) < 4.78 is 1.06. The van der Waals surface area contributed by atoms with Gasteiger partial charge in [-0.05, 0) is 24.8 Å². The van der Waals surface area contributed by atoms with E-state index in [1.807, 2.05) is 17.8 Å². The molecule has 1 aromatic rings. The Bertz CT molecular complexity index is 422. The average Bonchev–Trinajstić information content (AvgIpc) is 2.77. The van der Waals surface area contributed by atoms with Crippen molar-refractivity contribution in [1.82, 2.24) is 4.90 Å². The molecule has 0 N–H and O–H groups in total. The Balaban J connectivity index is 2.00. The zero-order chi connectivity index (χ0) is 14.2. The molecule has 0 aliphatic carbocycles. The lowest BCUT2D eigenvalue weighted by Crippen LogP contribution is -2.28. The quantitative estimate of drug-likeness (QED) is 0.556. The third kappa shape index (κ3) is 4.64. The molecule has 1 atom stereocenters. The van der Waals surface area contributed by atoms with Gasteiger partial charge in [-0.2, -0.15) is 0 Å². The van der Waals surface area contributed by atoms with Crippen LogP contribution in [-0.4, -0.2) is 22.3 Å². The van der Waals surface area contributed by atoms with E-state index in [1.165, 1.54) is 31.2 Å². The average molecular weight is 306 g/mol. The largest absolute Gasteiger partial charge is 0.358 e. The number of allylic oxidation sites excluding steroid dienone is 1. The molecule has 2 rings (SSSR count). The zero-order valence-corrected chi connectivity index (χ0v) is 13.6. The van der Waals surface area contributed by atoms with E-state index in [9.17, 15) is 0 Å². The Hall–Kier alpha value is -0.800. The molecule has 108 valence electrons. The van der Waals surface area contributed by atoms with Gasteiger partial charge in [0.2, 0.25) is 0 Å². The fourth-order valence-corrected chi connectivity index (χ4v) is 4.15. The van der Waals surface area contributed by atoms with Crippen LogP contribution >= 0.6 is 24.0 Å². The van der Waals surface area contributed by atoms with E-state index < -0.39 is 0 Å². The SMILES string of the molecule is C=CCC(SC(=S)N1CCCCCC1)c1ccccc1. The molecule has 1 fully saturated rings. The summed E-state index contributed by atoms with van der Waals surface area (Å²) in [6.45, 7) is 6.14. The maximum absolute atomic E-state index is 5.68. The molecule has 1 aliphatic rings. The molecule has 1 unspecified atom stereocenters. The molecule has 20 heavy (non-hydrogen) atoms. The number of likely N-dealkylation sites (tertiary alicyclic amines) is 1. The van der Waals surface area contributed by atoms with Gasteiger partial charge in [0.25, 0.3) is 0 Å². The summed E-state index contributed by atoms with van der Waals surface area (Å²) >= 11 is 7.50. The van der Waals surface area contributed by atoms with Crippen LogP contribution in [0.25, 0.3) is 0 Å². The number of benzene rings is 1. The fraction of sp³-hybridized carbons (Fsp3) is 0.471. The number of nitrogens with zero attached hydrogens (tertiary/aromatic N) is 1. The second-order valence-electron chi connectivity index (χ2n) is 5.21. The number of hydrogen-bond donors (Lipinski definition) is 0. The van der Waals surface area contributed by atoms with Crippen molar-refractivity contribution in [3.05, 3.63) is 48.6 Å². The van der Waals surface area contributed by atoms with Gasteiger partial charge in [0.1, 0.15) is 4.32 Å². The minimum Gasteiger partial charge on any atom is -0.358 e. The smallest absolute Gasteiger partial charge is 0.136 e. The third-order valence-corrected chi connectivity index (χ3v) is 5.42. The molecule has 1 aromatic carbocycles. The predicted octanol–water partition coefficient (Wildman–Crippen LogP) is 5.20. The topological polar surface area (TPSA) is 3.24 Å². The summed E-state index contributed by atoms with van der Waals surface area (Å²) in [4.78, 5) is 2.39. The van der Waals surface area contributed by atoms with Gasteiger partial charge in [0, 0.05) is 18.3 Å². The molecule has 0 spiro atoms. The van der Waals surface area contributed by atoms with Gasteiger partial charge in [0.05, 0.1) is 0 Å². The van der Waals surface area contributed by atoms with Crippen molar-refractivity contribution < 1.29 is 0 Å². The Labute approximate surface area is 132 Å². The highest BCUT2D eigenvalue weighted by molar-refractivity contribution is 8.23. The van der Waals surface area contributed by atoms with Gasteiger partial charge in [-0.25, -0.2) is 0 Å². The van der Waals surface area contributed by atoms with Crippen molar-refractivity contribution in [3.63, 3.8) is 0 Å². The van der Waals surface area contributed by atoms with E-state index in [1.54, 1.807) is 0 Å². The van der Waals surface area contributed by atoms with E-state index in [4.69, 9.17) is 12.2 Å². The first-order chi connectivity index (χ1) is 9.81. The van der Waals surface area contributed by atoms with E-state index in [2.05, 4.69) is 41.8 Å². The molecular formula is C17H23NS2. The first-order valence-corrected chi connectivity index (χ1v) is 8.71. The van der Waals surface area contributed by atoms with Crippen molar-refractivity contribution in [3.8, 4) is 0 Å². The van der Waals surface area contributed by atoms with Crippen LogP contribution in [0, 0.1) is 0 Å². The summed E-state index contributed by atoms with van der Waals surface area (Å²) in [6.07, 6.45) is 8.20. The molecule has 3 heteroatoms. The van der Waals surface area contributed by atoms with Crippen molar-refractivity contribution in [1.29, 1.82) is 0 Å². The molecule has 0 aromatic heterocycles. The lowest BCUT2D eigenvalue weighted by atomic mass is 10.1. The van der Waals surface area contributed by atoms with Crippen LogP contribution in [-0.2, 0) is 0 Å². The predicted molar refractivity (Wildman–Crippen MR) is 94.2 cm³/mol. The molecule has 1 aliphatic heterocycles. The normalized spacial score (nSPS) is 17.3. The summed E-state index contributed by atoms with van der Waals surface area (Å²) in [6, 6.07) is 10.6. The van der Waals surface area contributed by atoms with Crippen LogP contribution in [0.1, 0.15) is 42.9 Å². The van der Waals surface area contributed by atoms with E-state index in [-0.39, 0.29) is 0 Å². The molecule has 1 saturated heterocycles. The first kappa shape index (κ1) is 15.6. The van der Waals surface area contributed by atoms with Gasteiger partial charge in [0.15, 0.2) is 0 Å². The van der Waals surface area contributed by atoms with Crippen LogP contribution in [0.15, 0.2) is 43.0 Å². The molecule has 0 radical (unpaired) electrons. The van der Waals surface area contributed by atoms with Gasteiger partial charge < -0.3 is 4.90 Å². The Morgan fingerprint density at radius 1 is 1.20 bits per heavy atom. The Morgan fingerprint density at radius 2 is 1.85 bits per heavy atom. The monoisotopic (exact) mass is 305 g/mol. The second kappa shape index (κ2) is 8.48. The molecule has 0 amide bonds. The lowest BCUT2D eigenvalue weighted by Gasteiger charge is -2.25. The minimum absolute atomic E-state index is 0.393. The molecular weight excluding hydrogens is 282 g/mol. The molecule has 1 nitrogen and oxygen atoms in total. The lowest BCUT2D eigenvalue weighted by molar-refractivity contribution is 0.450. The molecule has 1 heterocycles. The summed E-state index contributed by atoms with van der Waals surface area (Å²) in [5, 5.41) is 0.393. The maximum Gasteiger partial charge on any atom is 0.136 e. The van der Waals surface area contributed by atoms with Crippen LogP contribution in [0.4, 0.5) is 0 Å². The first-order valence-electron chi connectivity index (χ1n) is 7.42. The zero-order valence-electron chi connectivity index (χ0n) is 12.0. The van der Waals surface area contributed by atoms with Crippen molar-refractivity contribution in [2.45, 2.75) is 37.4 Å².